The average molecular weight is 198 g/mol. The monoisotopic (exact) mass is 198 g/mol. The molecule has 3 heteroatoms. The molecular formula is C11H22N2O. The van der Waals surface area contributed by atoms with E-state index < -0.39 is 0 Å². The van der Waals surface area contributed by atoms with Crippen molar-refractivity contribution in [1.29, 1.82) is 0 Å². The van der Waals surface area contributed by atoms with Crippen LogP contribution in [0.5, 0.6) is 0 Å². The zero-order chi connectivity index (χ0) is 9.97. The van der Waals surface area contributed by atoms with Gasteiger partial charge in [0.25, 0.3) is 0 Å². The summed E-state index contributed by atoms with van der Waals surface area (Å²) in [6, 6.07) is 1.53. The first-order valence-corrected chi connectivity index (χ1v) is 5.76. The SMILES string of the molecule is CNC1CCOCC1CN(C)C1CC1. The summed E-state index contributed by atoms with van der Waals surface area (Å²) in [6.45, 7) is 3.05. The lowest BCUT2D eigenvalue weighted by Gasteiger charge is -2.34. The van der Waals surface area contributed by atoms with Crippen molar-refractivity contribution >= 4 is 0 Å². The summed E-state index contributed by atoms with van der Waals surface area (Å²) in [6.07, 6.45) is 3.96. The summed E-state index contributed by atoms with van der Waals surface area (Å²) in [5.74, 6) is 0.680. The van der Waals surface area contributed by atoms with Gasteiger partial charge < -0.3 is 15.0 Å². The zero-order valence-corrected chi connectivity index (χ0v) is 9.33. The van der Waals surface area contributed by atoms with E-state index in [9.17, 15) is 0 Å². The minimum absolute atomic E-state index is 0.657. The number of rotatable bonds is 4. The molecule has 2 unspecified atom stereocenters. The van der Waals surface area contributed by atoms with Crippen LogP contribution in [0.4, 0.5) is 0 Å². The van der Waals surface area contributed by atoms with Crippen LogP contribution < -0.4 is 5.32 Å². The minimum Gasteiger partial charge on any atom is -0.381 e. The molecule has 0 aromatic heterocycles. The number of nitrogens with zero attached hydrogens (tertiary/aromatic N) is 1. The van der Waals surface area contributed by atoms with Gasteiger partial charge in [0.05, 0.1) is 6.61 Å². The molecule has 14 heavy (non-hydrogen) atoms. The third-order valence-electron chi connectivity index (χ3n) is 3.54. The molecule has 0 aromatic rings. The van der Waals surface area contributed by atoms with Gasteiger partial charge in [-0.1, -0.05) is 0 Å². The Morgan fingerprint density at radius 3 is 2.79 bits per heavy atom. The Kier molecular flexibility index (Phi) is 3.42. The van der Waals surface area contributed by atoms with E-state index in [1.165, 1.54) is 25.8 Å². The Bertz CT molecular complexity index is 182. The van der Waals surface area contributed by atoms with Crippen molar-refractivity contribution in [3.05, 3.63) is 0 Å². The molecule has 0 radical (unpaired) electrons. The second kappa shape index (κ2) is 4.60. The van der Waals surface area contributed by atoms with Crippen LogP contribution >= 0.6 is 0 Å². The molecule has 0 bridgehead atoms. The van der Waals surface area contributed by atoms with Crippen molar-refractivity contribution in [3.63, 3.8) is 0 Å². The van der Waals surface area contributed by atoms with Gasteiger partial charge in [-0.3, -0.25) is 0 Å². The molecule has 1 saturated carbocycles. The standard InChI is InChI=1S/C11H22N2O/c1-12-11-5-6-14-8-9(11)7-13(2)10-3-4-10/h9-12H,3-8H2,1-2H3. The van der Waals surface area contributed by atoms with Crippen molar-refractivity contribution in [2.45, 2.75) is 31.3 Å². The van der Waals surface area contributed by atoms with Crippen molar-refractivity contribution in [1.82, 2.24) is 10.2 Å². The van der Waals surface area contributed by atoms with Crippen LogP contribution in [-0.4, -0.2) is 50.8 Å². The van der Waals surface area contributed by atoms with Gasteiger partial charge in [-0.15, -0.1) is 0 Å². The van der Waals surface area contributed by atoms with E-state index in [1.807, 2.05) is 0 Å². The fourth-order valence-corrected chi connectivity index (χ4v) is 2.39. The predicted octanol–water partition coefficient (Wildman–Crippen LogP) is 0.705. The van der Waals surface area contributed by atoms with E-state index in [4.69, 9.17) is 4.74 Å². The highest BCUT2D eigenvalue weighted by molar-refractivity contribution is 4.87. The highest BCUT2D eigenvalue weighted by atomic mass is 16.5. The van der Waals surface area contributed by atoms with Crippen molar-refractivity contribution in [2.75, 3.05) is 33.9 Å². The number of hydrogen-bond acceptors (Lipinski definition) is 3. The van der Waals surface area contributed by atoms with Crippen LogP contribution in [0, 0.1) is 5.92 Å². The third-order valence-corrected chi connectivity index (χ3v) is 3.54. The van der Waals surface area contributed by atoms with Gasteiger partial charge in [-0.25, -0.2) is 0 Å². The Labute approximate surface area is 86.8 Å². The fraction of sp³-hybridized carbons (Fsp3) is 1.00. The first-order chi connectivity index (χ1) is 6.81. The van der Waals surface area contributed by atoms with Crippen LogP contribution in [0.2, 0.25) is 0 Å². The maximum absolute atomic E-state index is 5.55. The first-order valence-electron chi connectivity index (χ1n) is 5.76. The zero-order valence-electron chi connectivity index (χ0n) is 9.33. The molecule has 0 spiro atoms. The second-order valence-corrected chi connectivity index (χ2v) is 4.69. The molecule has 1 aliphatic carbocycles. The number of hydrogen-bond donors (Lipinski definition) is 1. The summed E-state index contributed by atoms with van der Waals surface area (Å²) in [5, 5.41) is 3.41. The molecule has 82 valence electrons. The molecule has 2 fully saturated rings. The maximum Gasteiger partial charge on any atom is 0.0521 e. The highest BCUT2D eigenvalue weighted by Gasteiger charge is 2.31. The van der Waals surface area contributed by atoms with Crippen LogP contribution in [0.1, 0.15) is 19.3 Å². The quantitative estimate of drug-likeness (QED) is 0.720. The largest absolute Gasteiger partial charge is 0.381 e. The molecule has 2 aliphatic rings. The van der Waals surface area contributed by atoms with Crippen LogP contribution in [0.25, 0.3) is 0 Å². The topological polar surface area (TPSA) is 24.5 Å². The lowest BCUT2D eigenvalue weighted by atomic mass is 9.95. The summed E-state index contributed by atoms with van der Waals surface area (Å²) < 4.78 is 5.55. The van der Waals surface area contributed by atoms with Gasteiger partial charge in [0.1, 0.15) is 0 Å². The van der Waals surface area contributed by atoms with E-state index in [-0.39, 0.29) is 0 Å². The Balaban J connectivity index is 1.80. The lowest BCUT2D eigenvalue weighted by molar-refractivity contribution is 0.0208. The summed E-state index contributed by atoms with van der Waals surface area (Å²) in [7, 11) is 4.32. The van der Waals surface area contributed by atoms with Crippen LogP contribution in [0.3, 0.4) is 0 Å². The van der Waals surface area contributed by atoms with Crippen molar-refractivity contribution in [3.8, 4) is 0 Å². The van der Waals surface area contributed by atoms with E-state index in [1.54, 1.807) is 0 Å². The van der Waals surface area contributed by atoms with Crippen LogP contribution in [-0.2, 0) is 4.74 Å². The average Bonchev–Trinajstić information content (AvgIpc) is 3.02. The molecule has 3 nitrogen and oxygen atoms in total. The lowest BCUT2D eigenvalue weighted by Crippen LogP contribution is -2.46. The van der Waals surface area contributed by atoms with E-state index in [0.29, 0.717) is 12.0 Å². The van der Waals surface area contributed by atoms with Gasteiger partial charge in [0, 0.05) is 31.2 Å². The fourth-order valence-electron chi connectivity index (χ4n) is 2.39. The molecule has 1 heterocycles. The molecule has 0 amide bonds. The normalized spacial score (nSPS) is 33.6. The Hall–Kier alpha value is -0.120. The smallest absolute Gasteiger partial charge is 0.0521 e. The molecule has 0 aromatic carbocycles. The molecule has 2 atom stereocenters. The molecule has 1 N–H and O–H groups in total. The Morgan fingerprint density at radius 2 is 2.14 bits per heavy atom. The number of nitrogens with one attached hydrogen (secondary N) is 1. The Morgan fingerprint density at radius 1 is 1.36 bits per heavy atom. The second-order valence-electron chi connectivity index (χ2n) is 4.69. The van der Waals surface area contributed by atoms with E-state index >= 15 is 0 Å². The van der Waals surface area contributed by atoms with Gasteiger partial charge >= 0.3 is 0 Å². The first kappa shape index (κ1) is 10.4. The van der Waals surface area contributed by atoms with Gasteiger partial charge in [0.2, 0.25) is 0 Å². The third kappa shape index (κ3) is 2.47. The predicted molar refractivity (Wildman–Crippen MR) is 57.4 cm³/mol. The summed E-state index contributed by atoms with van der Waals surface area (Å²) >= 11 is 0. The van der Waals surface area contributed by atoms with Crippen molar-refractivity contribution < 1.29 is 4.74 Å². The molecule has 1 aliphatic heterocycles. The minimum atomic E-state index is 0.657. The number of ether oxygens (including phenoxy) is 1. The molecular weight excluding hydrogens is 176 g/mol. The van der Waals surface area contributed by atoms with E-state index in [0.717, 1.165) is 19.3 Å². The highest BCUT2D eigenvalue weighted by Crippen LogP contribution is 2.27. The molecule has 1 saturated heterocycles. The van der Waals surface area contributed by atoms with Crippen molar-refractivity contribution in [2.24, 2.45) is 5.92 Å². The van der Waals surface area contributed by atoms with Gasteiger partial charge in [0.15, 0.2) is 0 Å². The van der Waals surface area contributed by atoms with Gasteiger partial charge in [-0.05, 0) is 33.4 Å². The summed E-state index contributed by atoms with van der Waals surface area (Å²) in [4.78, 5) is 2.50. The van der Waals surface area contributed by atoms with E-state index in [2.05, 4.69) is 24.3 Å². The summed E-state index contributed by atoms with van der Waals surface area (Å²) in [5.41, 5.74) is 0. The van der Waals surface area contributed by atoms with Crippen LogP contribution in [0.15, 0.2) is 0 Å². The molecule has 2 rings (SSSR count). The maximum atomic E-state index is 5.55. The van der Waals surface area contributed by atoms with Gasteiger partial charge in [-0.2, -0.15) is 0 Å².